The van der Waals surface area contributed by atoms with E-state index in [2.05, 4.69) is 0 Å². The predicted molar refractivity (Wildman–Crippen MR) is 72.3 cm³/mol. The molecule has 1 heterocycles. The summed E-state index contributed by atoms with van der Waals surface area (Å²) >= 11 is 0. The van der Waals surface area contributed by atoms with Crippen LogP contribution in [0, 0.1) is 5.92 Å². The Morgan fingerprint density at radius 3 is 2.67 bits per heavy atom. The summed E-state index contributed by atoms with van der Waals surface area (Å²) in [6.45, 7) is 1.81. The van der Waals surface area contributed by atoms with Gasteiger partial charge in [-0.15, -0.1) is 0 Å². The second-order valence-corrected chi connectivity index (χ2v) is 7.33. The maximum Gasteiger partial charge on any atom is 0.279 e. The molecule has 4 nitrogen and oxygen atoms in total. The molecule has 3 unspecified atom stereocenters. The molecule has 1 aliphatic heterocycles. The van der Waals surface area contributed by atoms with Gasteiger partial charge in [0, 0.05) is 27.4 Å². The number of methoxy groups -OCH3 is 2. The third-order valence-electron chi connectivity index (χ3n) is 4.23. The van der Waals surface area contributed by atoms with Gasteiger partial charge in [-0.2, -0.15) is 0 Å². The molecule has 0 aromatic heterocycles. The molecule has 2 rings (SSSR count). The van der Waals surface area contributed by atoms with Crippen LogP contribution in [0.2, 0.25) is 6.04 Å². The molecule has 1 saturated heterocycles. The fraction of sp³-hybridized carbons (Fsp3) is 1.00. The third-order valence-corrected chi connectivity index (χ3v) is 5.63. The van der Waals surface area contributed by atoms with E-state index in [-0.39, 0.29) is 9.52 Å². The second kappa shape index (κ2) is 6.48. The van der Waals surface area contributed by atoms with E-state index in [4.69, 9.17) is 18.9 Å². The highest BCUT2D eigenvalue weighted by Crippen LogP contribution is 2.40. The Hall–Kier alpha value is 0.0569. The van der Waals surface area contributed by atoms with Crippen molar-refractivity contribution in [2.75, 3.05) is 20.4 Å². The number of ether oxygens (including phenoxy) is 4. The molecule has 0 amide bonds. The van der Waals surface area contributed by atoms with Crippen molar-refractivity contribution >= 4 is 9.52 Å². The topological polar surface area (TPSA) is 40.2 Å². The lowest BCUT2D eigenvalue weighted by molar-refractivity contribution is -0.344. The molecule has 18 heavy (non-hydrogen) atoms. The van der Waals surface area contributed by atoms with Crippen LogP contribution < -0.4 is 0 Å². The van der Waals surface area contributed by atoms with E-state index < -0.39 is 5.97 Å². The maximum atomic E-state index is 5.64. The van der Waals surface area contributed by atoms with Crippen LogP contribution in [0.5, 0.6) is 0 Å². The molecule has 0 N–H and O–H groups in total. The normalized spacial score (nSPS) is 31.8. The van der Waals surface area contributed by atoms with E-state index in [1.54, 1.807) is 14.2 Å². The Labute approximate surface area is 112 Å². The monoisotopic (exact) mass is 274 g/mol. The van der Waals surface area contributed by atoms with Gasteiger partial charge < -0.3 is 18.9 Å². The van der Waals surface area contributed by atoms with E-state index in [1.165, 1.54) is 31.7 Å². The molecule has 5 heteroatoms. The van der Waals surface area contributed by atoms with Crippen molar-refractivity contribution < 1.29 is 18.9 Å². The summed E-state index contributed by atoms with van der Waals surface area (Å²) in [7, 11) is 3.06. The minimum atomic E-state index is -0.854. The highest BCUT2D eigenvalue weighted by molar-refractivity contribution is 6.35. The number of hydrogen-bond donors (Lipinski definition) is 0. The zero-order valence-corrected chi connectivity index (χ0v) is 13.2. The van der Waals surface area contributed by atoms with Crippen LogP contribution in [0.4, 0.5) is 0 Å². The smallest absolute Gasteiger partial charge is 0.279 e. The maximum absolute atomic E-state index is 5.64. The van der Waals surface area contributed by atoms with Gasteiger partial charge in [-0.25, -0.2) is 0 Å². The molecule has 1 saturated carbocycles. The Morgan fingerprint density at radius 2 is 2.00 bits per heavy atom. The summed E-state index contributed by atoms with van der Waals surface area (Å²) in [6.07, 6.45) is 7.39. The first kappa shape index (κ1) is 14.5. The molecule has 0 radical (unpaired) electrons. The number of fused-ring (bicyclic) bond motifs is 1. The lowest BCUT2D eigenvalue weighted by Crippen LogP contribution is -2.34. The lowest BCUT2D eigenvalue weighted by atomic mass is 9.88. The predicted octanol–water partition coefficient (Wildman–Crippen LogP) is 1.47. The van der Waals surface area contributed by atoms with Crippen LogP contribution in [0.1, 0.15) is 32.6 Å². The molecule has 0 spiro atoms. The van der Waals surface area contributed by atoms with Gasteiger partial charge in [0.2, 0.25) is 0 Å². The average molecular weight is 274 g/mol. The van der Waals surface area contributed by atoms with Crippen LogP contribution in [0.15, 0.2) is 0 Å². The highest BCUT2D eigenvalue weighted by atomic mass is 28.2. The summed E-state index contributed by atoms with van der Waals surface area (Å²) in [5.41, 5.74) is 0. The fourth-order valence-electron chi connectivity index (χ4n) is 2.74. The van der Waals surface area contributed by atoms with E-state index in [1.807, 2.05) is 6.92 Å². The summed E-state index contributed by atoms with van der Waals surface area (Å²) < 4.78 is 21.5. The van der Waals surface area contributed by atoms with Crippen molar-refractivity contribution in [2.45, 2.75) is 56.8 Å². The highest BCUT2D eigenvalue weighted by Gasteiger charge is 2.43. The van der Waals surface area contributed by atoms with Crippen molar-refractivity contribution in [3.8, 4) is 0 Å². The van der Waals surface area contributed by atoms with E-state index >= 15 is 0 Å². The van der Waals surface area contributed by atoms with Gasteiger partial charge in [0.15, 0.2) is 0 Å². The molecule has 3 atom stereocenters. The van der Waals surface area contributed by atoms with E-state index in [0.29, 0.717) is 12.2 Å². The van der Waals surface area contributed by atoms with Gasteiger partial charge in [0.25, 0.3) is 5.97 Å². The standard InChI is InChI=1S/C13H26O4Si/c1-13(14-2,15-3)16-9-18-7-6-10-4-5-11-12(8-10)17-11/h10-12H,4-9,18H2,1-3H3. The molecule has 106 valence electrons. The van der Waals surface area contributed by atoms with Crippen LogP contribution in [-0.4, -0.2) is 48.2 Å². The summed E-state index contributed by atoms with van der Waals surface area (Å²) in [6, 6.07) is 1.35. The van der Waals surface area contributed by atoms with Crippen LogP contribution >= 0.6 is 0 Å². The third kappa shape index (κ3) is 4.03. The Balaban J connectivity index is 1.50. The summed E-state index contributed by atoms with van der Waals surface area (Å²) in [4.78, 5) is 0. The number of rotatable bonds is 8. The zero-order valence-electron chi connectivity index (χ0n) is 11.8. The molecule has 0 aromatic carbocycles. The molecule has 0 bridgehead atoms. The minimum absolute atomic E-state index is 0.158. The van der Waals surface area contributed by atoms with Crippen molar-refractivity contribution in [1.82, 2.24) is 0 Å². The summed E-state index contributed by atoms with van der Waals surface area (Å²) in [5.74, 6) is 0.0462. The Morgan fingerprint density at radius 1 is 1.22 bits per heavy atom. The van der Waals surface area contributed by atoms with Gasteiger partial charge >= 0.3 is 0 Å². The van der Waals surface area contributed by atoms with Gasteiger partial charge in [-0.05, 0) is 25.2 Å². The largest absolute Gasteiger partial charge is 0.370 e. The fourth-order valence-corrected chi connectivity index (χ4v) is 4.33. The first-order valence-electron chi connectivity index (χ1n) is 7.06. The molecule has 1 aliphatic carbocycles. The van der Waals surface area contributed by atoms with Gasteiger partial charge in [0.05, 0.1) is 21.7 Å². The van der Waals surface area contributed by atoms with Crippen molar-refractivity contribution in [3.05, 3.63) is 0 Å². The van der Waals surface area contributed by atoms with Crippen molar-refractivity contribution in [3.63, 3.8) is 0 Å². The molecular formula is C13H26O4Si. The first-order valence-corrected chi connectivity index (χ1v) is 9.06. The number of hydrogen-bond acceptors (Lipinski definition) is 4. The zero-order chi connectivity index (χ0) is 13.0. The van der Waals surface area contributed by atoms with Crippen LogP contribution in [0.3, 0.4) is 0 Å². The Kier molecular flexibility index (Phi) is 5.21. The lowest BCUT2D eigenvalue weighted by Gasteiger charge is -2.26. The molecule has 2 aliphatic rings. The van der Waals surface area contributed by atoms with Crippen LogP contribution in [-0.2, 0) is 18.9 Å². The SMILES string of the molecule is COC(C)(OC)OC[SiH2]CCC1CCC2OC2C1. The van der Waals surface area contributed by atoms with Crippen LogP contribution in [0.25, 0.3) is 0 Å². The average Bonchev–Trinajstić information content (AvgIpc) is 3.16. The molecule has 0 aromatic rings. The summed E-state index contributed by atoms with van der Waals surface area (Å²) in [5, 5.41) is 0. The second-order valence-electron chi connectivity index (χ2n) is 5.51. The van der Waals surface area contributed by atoms with Gasteiger partial charge in [-0.3, -0.25) is 0 Å². The van der Waals surface area contributed by atoms with E-state index in [0.717, 1.165) is 12.1 Å². The first-order chi connectivity index (χ1) is 8.67. The van der Waals surface area contributed by atoms with Crippen molar-refractivity contribution in [2.24, 2.45) is 5.92 Å². The Bertz CT molecular complexity index is 257. The molecule has 2 fully saturated rings. The molecular weight excluding hydrogens is 248 g/mol. The van der Waals surface area contributed by atoms with E-state index in [9.17, 15) is 0 Å². The van der Waals surface area contributed by atoms with Gasteiger partial charge in [0.1, 0.15) is 0 Å². The minimum Gasteiger partial charge on any atom is -0.370 e. The number of epoxide rings is 1. The van der Waals surface area contributed by atoms with Crippen molar-refractivity contribution in [1.29, 1.82) is 0 Å². The quantitative estimate of drug-likeness (QED) is 0.291. The van der Waals surface area contributed by atoms with Gasteiger partial charge in [-0.1, -0.05) is 12.5 Å².